The zero-order valence-electron chi connectivity index (χ0n) is 11.9. The van der Waals surface area contributed by atoms with Crippen LogP contribution in [0.25, 0.3) is 11.1 Å². The molecule has 0 aliphatic heterocycles. The first-order chi connectivity index (χ1) is 9.18. The van der Waals surface area contributed by atoms with Crippen LogP contribution in [0.5, 0.6) is 0 Å². The predicted molar refractivity (Wildman–Crippen MR) is 81.2 cm³/mol. The molecule has 19 heavy (non-hydrogen) atoms. The third-order valence-electron chi connectivity index (χ3n) is 2.53. The van der Waals surface area contributed by atoms with Crippen LogP contribution in [0.3, 0.4) is 0 Å². The highest BCUT2D eigenvalue weighted by Gasteiger charge is 2.07. The molecule has 2 rings (SSSR count). The topological polar surface area (TPSA) is 33.2 Å². The highest BCUT2D eigenvalue weighted by Crippen LogP contribution is 2.18. The van der Waals surface area contributed by atoms with Crippen molar-refractivity contribution in [2.75, 3.05) is 14.1 Å². The lowest BCUT2D eigenvalue weighted by Crippen LogP contribution is -2.21. The van der Waals surface area contributed by atoms with Crippen LogP contribution in [-0.2, 0) is 0 Å². The van der Waals surface area contributed by atoms with E-state index in [1.54, 1.807) is 25.2 Å². The Morgan fingerprint density at radius 3 is 2.16 bits per heavy atom. The van der Waals surface area contributed by atoms with E-state index < -0.39 is 0 Å². The monoisotopic (exact) mass is 258 g/mol. The SMILES string of the molecule is CC.CN(C)C(=O)c1ccc(-c2cccnc2)cc1.[HH]. The Balaban J connectivity index is 0.00000115. The fourth-order valence-corrected chi connectivity index (χ4v) is 1.60. The van der Waals surface area contributed by atoms with E-state index in [2.05, 4.69) is 4.98 Å². The smallest absolute Gasteiger partial charge is 0.253 e. The fourth-order valence-electron chi connectivity index (χ4n) is 1.60. The molecule has 0 fully saturated rings. The molecule has 1 aromatic heterocycles. The molecule has 3 nitrogen and oxygen atoms in total. The normalized spacial score (nSPS) is 9.26. The quantitative estimate of drug-likeness (QED) is 0.822. The summed E-state index contributed by atoms with van der Waals surface area (Å²) in [5, 5.41) is 0. The molecule has 3 heteroatoms. The third-order valence-corrected chi connectivity index (χ3v) is 2.53. The van der Waals surface area contributed by atoms with E-state index in [9.17, 15) is 4.79 Å². The Hall–Kier alpha value is -2.16. The summed E-state index contributed by atoms with van der Waals surface area (Å²) in [4.78, 5) is 17.3. The Morgan fingerprint density at radius 2 is 1.68 bits per heavy atom. The van der Waals surface area contributed by atoms with Gasteiger partial charge in [-0.1, -0.05) is 32.0 Å². The molecule has 0 saturated heterocycles. The zero-order valence-corrected chi connectivity index (χ0v) is 11.9. The van der Waals surface area contributed by atoms with Gasteiger partial charge < -0.3 is 4.90 Å². The first-order valence-corrected chi connectivity index (χ1v) is 6.40. The standard InChI is InChI=1S/C14H14N2O.C2H6.H2/c1-16(2)14(17)12-7-5-11(6-8-12)13-4-3-9-15-10-13;1-2;/h3-10H,1-2H3;1-2H3;1H. The van der Waals surface area contributed by atoms with Gasteiger partial charge >= 0.3 is 0 Å². The third kappa shape index (κ3) is 3.91. The van der Waals surface area contributed by atoms with Crippen molar-refractivity contribution >= 4 is 5.91 Å². The molecule has 0 N–H and O–H groups in total. The molecule has 0 bridgehead atoms. The van der Waals surface area contributed by atoms with Gasteiger partial charge in [-0.3, -0.25) is 9.78 Å². The van der Waals surface area contributed by atoms with E-state index in [0.29, 0.717) is 5.56 Å². The molecule has 0 aliphatic carbocycles. The maximum atomic E-state index is 11.7. The van der Waals surface area contributed by atoms with Crippen molar-refractivity contribution in [2.45, 2.75) is 13.8 Å². The van der Waals surface area contributed by atoms with E-state index in [1.807, 2.05) is 56.4 Å². The summed E-state index contributed by atoms with van der Waals surface area (Å²) in [5.41, 5.74) is 2.81. The van der Waals surface area contributed by atoms with Gasteiger partial charge in [-0.05, 0) is 29.3 Å². The van der Waals surface area contributed by atoms with E-state index in [4.69, 9.17) is 0 Å². The molecule has 102 valence electrons. The second-order valence-corrected chi connectivity index (χ2v) is 4.02. The minimum atomic E-state index is 0. The van der Waals surface area contributed by atoms with E-state index in [0.717, 1.165) is 11.1 Å². The van der Waals surface area contributed by atoms with E-state index in [1.165, 1.54) is 0 Å². The minimum absolute atomic E-state index is 0. The average molecular weight is 258 g/mol. The van der Waals surface area contributed by atoms with Gasteiger partial charge in [0.1, 0.15) is 0 Å². The summed E-state index contributed by atoms with van der Waals surface area (Å²) in [7, 11) is 3.49. The van der Waals surface area contributed by atoms with Crippen molar-refractivity contribution in [2.24, 2.45) is 0 Å². The van der Waals surface area contributed by atoms with E-state index >= 15 is 0 Å². The highest BCUT2D eigenvalue weighted by atomic mass is 16.2. The molecule has 0 spiro atoms. The minimum Gasteiger partial charge on any atom is -0.345 e. The molecule has 0 atom stereocenters. The van der Waals surface area contributed by atoms with Crippen LogP contribution in [0.1, 0.15) is 25.6 Å². The van der Waals surface area contributed by atoms with Gasteiger partial charge in [-0.25, -0.2) is 0 Å². The summed E-state index contributed by atoms with van der Waals surface area (Å²) in [5.74, 6) is 0.0164. The first kappa shape index (κ1) is 14.9. The van der Waals surface area contributed by atoms with Gasteiger partial charge in [0.25, 0.3) is 5.91 Å². The second kappa shape index (κ2) is 7.31. The molecule has 1 heterocycles. The largest absolute Gasteiger partial charge is 0.345 e. The van der Waals surface area contributed by atoms with Crippen molar-refractivity contribution in [1.29, 1.82) is 0 Å². The molecule has 0 aliphatic rings. The van der Waals surface area contributed by atoms with Crippen LogP contribution in [0.4, 0.5) is 0 Å². The zero-order chi connectivity index (χ0) is 14.3. The number of aromatic nitrogens is 1. The van der Waals surface area contributed by atoms with Crippen LogP contribution >= 0.6 is 0 Å². The van der Waals surface area contributed by atoms with Gasteiger partial charge in [0.15, 0.2) is 0 Å². The number of pyridine rings is 1. The van der Waals surface area contributed by atoms with Gasteiger partial charge in [-0.15, -0.1) is 0 Å². The van der Waals surface area contributed by atoms with E-state index in [-0.39, 0.29) is 7.33 Å². The molecular weight excluding hydrogens is 236 g/mol. The lowest BCUT2D eigenvalue weighted by atomic mass is 10.1. The van der Waals surface area contributed by atoms with Crippen molar-refractivity contribution in [3.05, 3.63) is 54.4 Å². The van der Waals surface area contributed by atoms with Crippen LogP contribution in [0.2, 0.25) is 0 Å². The summed E-state index contributed by atoms with van der Waals surface area (Å²) < 4.78 is 0. The average Bonchev–Trinajstić information content (AvgIpc) is 2.49. The Morgan fingerprint density at radius 1 is 1.05 bits per heavy atom. The van der Waals surface area contributed by atoms with Gasteiger partial charge in [-0.2, -0.15) is 0 Å². The Bertz CT molecular complexity index is 510. The maximum Gasteiger partial charge on any atom is 0.253 e. The summed E-state index contributed by atoms with van der Waals surface area (Å²) in [6.45, 7) is 4.00. The number of hydrogen-bond acceptors (Lipinski definition) is 2. The van der Waals surface area contributed by atoms with Crippen molar-refractivity contribution in [3.63, 3.8) is 0 Å². The number of carbonyl (C=O) groups excluding carboxylic acids is 1. The molecular formula is C16H22N2O. The molecule has 0 unspecified atom stereocenters. The maximum absolute atomic E-state index is 11.7. The van der Waals surface area contributed by atoms with Crippen molar-refractivity contribution in [3.8, 4) is 11.1 Å². The Labute approximate surface area is 116 Å². The van der Waals surface area contributed by atoms with Crippen LogP contribution in [-0.4, -0.2) is 29.9 Å². The van der Waals surface area contributed by atoms with Gasteiger partial charge in [0.05, 0.1) is 0 Å². The van der Waals surface area contributed by atoms with Crippen LogP contribution < -0.4 is 0 Å². The summed E-state index contributed by atoms with van der Waals surface area (Å²) in [6.07, 6.45) is 3.55. The number of nitrogens with zero attached hydrogens (tertiary/aromatic N) is 2. The van der Waals surface area contributed by atoms with Crippen LogP contribution in [0, 0.1) is 0 Å². The molecule has 2 aromatic rings. The lowest BCUT2D eigenvalue weighted by Gasteiger charge is -2.10. The molecule has 1 aromatic carbocycles. The van der Waals surface area contributed by atoms with Crippen LogP contribution in [0.15, 0.2) is 48.8 Å². The van der Waals surface area contributed by atoms with Crippen molar-refractivity contribution < 1.29 is 6.22 Å². The van der Waals surface area contributed by atoms with Crippen molar-refractivity contribution in [1.82, 2.24) is 9.88 Å². The summed E-state index contributed by atoms with van der Waals surface area (Å²) in [6, 6.07) is 11.4. The molecule has 0 radical (unpaired) electrons. The summed E-state index contributed by atoms with van der Waals surface area (Å²) >= 11 is 0. The molecule has 0 saturated carbocycles. The number of amides is 1. The molecule has 1 amide bonds. The highest BCUT2D eigenvalue weighted by molar-refractivity contribution is 5.94. The van der Waals surface area contributed by atoms with Gasteiger partial charge in [0.2, 0.25) is 0 Å². The number of carbonyl (C=O) groups is 1. The van der Waals surface area contributed by atoms with Gasteiger partial charge in [0, 0.05) is 33.5 Å². The number of rotatable bonds is 2. The second-order valence-electron chi connectivity index (χ2n) is 4.02. The number of hydrogen-bond donors (Lipinski definition) is 0. The first-order valence-electron chi connectivity index (χ1n) is 6.40. The predicted octanol–water partition coefficient (Wildman–Crippen LogP) is 3.72. The number of benzene rings is 1. The lowest BCUT2D eigenvalue weighted by molar-refractivity contribution is 0.0827. The Kier molecular flexibility index (Phi) is 5.73. The fraction of sp³-hybridized carbons (Fsp3) is 0.250.